The van der Waals surface area contributed by atoms with Crippen LogP contribution in [0.4, 0.5) is 0 Å². The summed E-state index contributed by atoms with van der Waals surface area (Å²) in [5, 5.41) is 3.48. The normalized spacial score (nSPS) is 22.6. The van der Waals surface area contributed by atoms with Gasteiger partial charge in [0.1, 0.15) is 0 Å². The Morgan fingerprint density at radius 2 is 2.14 bits per heavy atom. The van der Waals surface area contributed by atoms with Crippen LogP contribution >= 0.6 is 0 Å². The molecule has 2 saturated heterocycles. The lowest BCUT2D eigenvalue weighted by molar-refractivity contribution is -0.0454. The topological polar surface area (TPSA) is 58.6 Å². The Labute approximate surface area is 168 Å². The van der Waals surface area contributed by atoms with Crippen LogP contribution in [0.15, 0.2) is 23.2 Å². The minimum atomic E-state index is 0.227. The molecule has 7 heteroatoms. The summed E-state index contributed by atoms with van der Waals surface area (Å²) in [6.07, 6.45) is 3.70. The van der Waals surface area contributed by atoms with Crippen LogP contribution < -0.4 is 14.8 Å². The lowest BCUT2D eigenvalue weighted by atomic mass is 10.1. The SMILES string of the molecule is CN=C(NCC1CN2CCCC2CO1)N(C)CCc1ccc(OC)c(OC)c1. The Bertz CT molecular complexity index is 667. The zero-order valence-electron chi connectivity index (χ0n) is 17.6. The Balaban J connectivity index is 1.46. The van der Waals surface area contributed by atoms with Crippen molar-refractivity contribution < 1.29 is 14.2 Å². The van der Waals surface area contributed by atoms with Gasteiger partial charge in [0.2, 0.25) is 0 Å². The van der Waals surface area contributed by atoms with Gasteiger partial charge in [-0.25, -0.2) is 0 Å². The molecule has 7 nitrogen and oxygen atoms in total. The molecule has 1 aromatic carbocycles. The molecule has 1 N–H and O–H groups in total. The summed E-state index contributed by atoms with van der Waals surface area (Å²) in [5.74, 6) is 2.41. The standard InChI is InChI=1S/C21H34N4O3/c1-22-21(23-13-18-14-25-10-5-6-17(25)15-28-18)24(2)11-9-16-7-8-19(26-3)20(12-16)27-4/h7-8,12,17-18H,5-6,9-11,13-15H2,1-4H3,(H,22,23). The van der Waals surface area contributed by atoms with Gasteiger partial charge in [-0.1, -0.05) is 6.07 Å². The molecule has 2 unspecified atom stereocenters. The summed E-state index contributed by atoms with van der Waals surface area (Å²) in [5.41, 5.74) is 1.20. The van der Waals surface area contributed by atoms with E-state index in [9.17, 15) is 0 Å². The number of aliphatic imine (C=N–C) groups is 1. The molecule has 0 amide bonds. The number of hydrogen-bond acceptors (Lipinski definition) is 5. The van der Waals surface area contributed by atoms with Crippen LogP contribution in [0.2, 0.25) is 0 Å². The summed E-state index contributed by atoms with van der Waals surface area (Å²) in [6, 6.07) is 6.70. The number of guanidine groups is 1. The Morgan fingerprint density at radius 3 is 2.89 bits per heavy atom. The van der Waals surface area contributed by atoms with Gasteiger partial charge in [-0.15, -0.1) is 0 Å². The van der Waals surface area contributed by atoms with Gasteiger partial charge in [-0.05, 0) is 43.5 Å². The number of nitrogens with zero attached hydrogens (tertiary/aromatic N) is 3. The van der Waals surface area contributed by atoms with Crippen LogP contribution in [0, 0.1) is 0 Å². The highest BCUT2D eigenvalue weighted by atomic mass is 16.5. The van der Waals surface area contributed by atoms with Gasteiger partial charge in [-0.2, -0.15) is 0 Å². The van der Waals surface area contributed by atoms with E-state index < -0.39 is 0 Å². The van der Waals surface area contributed by atoms with Gasteiger partial charge in [0.25, 0.3) is 0 Å². The number of nitrogens with one attached hydrogen (secondary N) is 1. The van der Waals surface area contributed by atoms with Crippen LogP contribution in [0.1, 0.15) is 18.4 Å². The molecule has 156 valence electrons. The second-order valence-corrected chi connectivity index (χ2v) is 7.54. The molecule has 2 fully saturated rings. The van der Waals surface area contributed by atoms with Gasteiger partial charge >= 0.3 is 0 Å². The molecule has 0 aromatic heterocycles. The highest BCUT2D eigenvalue weighted by molar-refractivity contribution is 5.79. The summed E-state index contributed by atoms with van der Waals surface area (Å²) < 4.78 is 16.7. The molecule has 2 heterocycles. The molecule has 0 bridgehead atoms. The molecule has 2 atom stereocenters. The van der Waals surface area contributed by atoms with E-state index in [1.807, 2.05) is 19.2 Å². The minimum absolute atomic E-state index is 0.227. The van der Waals surface area contributed by atoms with Crippen molar-refractivity contribution in [1.29, 1.82) is 0 Å². The van der Waals surface area contributed by atoms with Gasteiger partial charge in [0.15, 0.2) is 17.5 Å². The van der Waals surface area contributed by atoms with Crippen molar-refractivity contribution in [2.24, 2.45) is 4.99 Å². The lowest BCUT2D eigenvalue weighted by Crippen LogP contribution is -2.51. The van der Waals surface area contributed by atoms with E-state index in [-0.39, 0.29) is 6.10 Å². The number of likely N-dealkylation sites (N-methyl/N-ethyl adjacent to an activating group) is 1. The third-order valence-corrected chi connectivity index (χ3v) is 5.71. The summed E-state index contributed by atoms with van der Waals surface area (Å²) in [7, 11) is 7.21. The second kappa shape index (κ2) is 9.98. The zero-order valence-corrected chi connectivity index (χ0v) is 17.6. The Morgan fingerprint density at radius 1 is 1.32 bits per heavy atom. The third-order valence-electron chi connectivity index (χ3n) is 5.71. The predicted octanol–water partition coefficient (Wildman–Crippen LogP) is 1.62. The van der Waals surface area contributed by atoms with Gasteiger partial charge in [0.05, 0.1) is 26.9 Å². The van der Waals surface area contributed by atoms with Crippen molar-refractivity contribution in [1.82, 2.24) is 15.1 Å². The fourth-order valence-electron chi connectivity index (χ4n) is 4.04. The number of rotatable bonds is 7. The largest absolute Gasteiger partial charge is 0.493 e. The Hall–Kier alpha value is -1.99. The maximum absolute atomic E-state index is 6.04. The molecule has 1 aromatic rings. The first-order chi connectivity index (χ1) is 13.6. The maximum atomic E-state index is 6.04. The maximum Gasteiger partial charge on any atom is 0.193 e. The predicted molar refractivity (Wildman–Crippen MR) is 112 cm³/mol. The highest BCUT2D eigenvalue weighted by Gasteiger charge is 2.32. The van der Waals surface area contributed by atoms with Crippen molar-refractivity contribution in [2.45, 2.75) is 31.4 Å². The van der Waals surface area contributed by atoms with Gasteiger partial charge in [0, 0.05) is 39.8 Å². The molecular weight excluding hydrogens is 356 g/mol. The molecule has 2 aliphatic rings. The fourth-order valence-corrected chi connectivity index (χ4v) is 4.04. The first kappa shape index (κ1) is 20.7. The molecule has 0 spiro atoms. The third kappa shape index (κ3) is 5.08. The number of benzene rings is 1. The summed E-state index contributed by atoms with van der Waals surface area (Å²) in [6.45, 7) is 4.74. The summed E-state index contributed by atoms with van der Waals surface area (Å²) in [4.78, 5) is 9.15. The van der Waals surface area contributed by atoms with Crippen molar-refractivity contribution in [3.63, 3.8) is 0 Å². The average molecular weight is 391 g/mol. The second-order valence-electron chi connectivity index (χ2n) is 7.54. The zero-order chi connectivity index (χ0) is 19.9. The summed E-state index contributed by atoms with van der Waals surface area (Å²) >= 11 is 0. The van der Waals surface area contributed by atoms with E-state index in [1.165, 1.54) is 24.9 Å². The number of methoxy groups -OCH3 is 2. The van der Waals surface area contributed by atoms with Crippen LogP contribution in [-0.2, 0) is 11.2 Å². The number of hydrogen-bond donors (Lipinski definition) is 1. The van der Waals surface area contributed by atoms with E-state index in [2.05, 4.69) is 33.2 Å². The van der Waals surface area contributed by atoms with Crippen LogP contribution in [-0.4, -0.2) is 89.0 Å². The number of ether oxygens (including phenoxy) is 3. The molecule has 2 aliphatic heterocycles. The van der Waals surface area contributed by atoms with Crippen LogP contribution in [0.25, 0.3) is 0 Å². The molecule has 0 saturated carbocycles. The Kier molecular flexibility index (Phi) is 7.39. The number of morpholine rings is 1. The van der Waals surface area contributed by atoms with Crippen molar-refractivity contribution in [3.05, 3.63) is 23.8 Å². The first-order valence-corrected chi connectivity index (χ1v) is 10.1. The molecule has 28 heavy (non-hydrogen) atoms. The number of fused-ring (bicyclic) bond motifs is 1. The smallest absolute Gasteiger partial charge is 0.193 e. The lowest BCUT2D eigenvalue weighted by Gasteiger charge is -2.35. The highest BCUT2D eigenvalue weighted by Crippen LogP contribution is 2.27. The molecular formula is C21H34N4O3. The fraction of sp³-hybridized carbons (Fsp3) is 0.667. The van der Waals surface area contributed by atoms with E-state index in [4.69, 9.17) is 14.2 Å². The monoisotopic (exact) mass is 390 g/mol. The minimum Gasteiger partial charge on any atom is -0.493 e. The molecule has 0 aliphatic carbocycles. The van der Waals surface area contributed by atoms with E-state index >= 15 is 0 Å². The average Bonchev–Trinajstić information content (AvgIpc) is 3.20. The van der Waals surface area contributed by atoms with E-state index in [1.54, 1.807) is 14.2 Å². The quantitative estimate of drug-likeness (QED) is 0.564. The van der Waals surface area contributed by atoms with E-state index in [0.717, 1.165) is 50.1 Å². The first-order valence-electron chi connectivity index (χ1n) is 10.1. The van der Waals surface area contributed by atoms with Crippen LogP contribution in [0.5, 0.6) is 11.5 Å². The van der Waals surface area contributed by atoms with Crippen molar-refractivity contribution in [2.75, 3.05) is 61.1 Å². The van der Waals surface area contributed by atoms with Gasteiger partial charge in [-0.3, -0.25) is 9.89 Å². The molecule has 0 radical (unpaired) electrons. The van der Waals surface area contributed by atoms with Gasteiger partial charge < -0.3 is 24.4 Å². The van der Waals surface area contributed by atoms with Crippen molar-refractivity contribution >= 4 is 5.96 Å². The van der Waals surface area contributed by atoms with E-state index in [0.29, 0.717) is 6.04 Å². The molecule has 3 rings (SSSR count). The van der Waals surface area contributed by atoms with Crippen molar-refractivity contribution in [3.8, 4) is 11.5 Å². The van der Waals surface area contributed by atoms with Crippen LogP contribution in [0.3, 0.4) is 0 Å².